The van der Waals surface area contributed by atoms with Crippen molar-refractivity contribution in [2.45, 2.75) is 12.5 Å². The first kappa shape index (κ1) is 17.4. The average Bonchev–Trinajstić information content (AvgIpc) is 2.89. The maximum atomic E-state index is 12.2. The Morgan fingerprint density at radius 1 is 1.48 bits per heavy atom. The molecular formula is C15H17BrN2O5. The van der Waals surface area contributed by atoms with Crippen LogP contribution >= 0.6 is 15.9 Å². The first-order valence-electron chi connectivity index (χ1n) is 7.01. The molecule has 0 bridgehead atoms. The summed E-state index contributed by atoms with van der Waals surface area (Å²) in [6.07, 6.45) is 0.0481. The lowest BCUT2D eigenvalue weighted by Crippen LogP contribution is -2.46. The Morgan fingerprint density at radius 2 is 2.17 bits per heavy atom. The molecule has 2 N–H and O–H groups in total. The standard InChI is InChI=1S/C15H17BrN2O5/c1-23-8-11(15(21)22)17-14(20)9-6-13(19)18(7-9)12-5-3-2-4-10(12)16/h2-5,9,11H,6-8H2,1H3,(H,17,20)(H,21,22). The first-order chi connectivity index (χ1) is 10.9. The van der Waals surface area contributed by atoms with E-state index in [2.05, 4.69) is 21.2 Å². The van der Waals surface area contributed by atoms with Gasteiger partial charge in [-0.15, -0.1) is 0 Å². The summed E-state index contributed by atoms with van der Waals surface area (Å²) < 4.78 is 5.54. The summed E-state index contributed by atoms with van der Waals surface area (Å²) in [5, 5.41) is 11.4. The van der Waals surface area contributed by atoms with Crippen molar-refractivity contribution in [3.05, 3.63) is 28.7 Å². The number of hydrogen-bond donors (Lipinski definition) is 2. The molecule has 23 heavy (non-hydrogen) atoms. The van der Waals surface area contributed by atoms with Crippen LogP contribution in [0.5, 0.6) is 0 Å². The Hall–Kier alpha value is -1.93. The van der Waals surface area contributed by atoms with Crippen LogP contribution < -0.4 is 10.2 Å². The number of aliphatic carboxylic acids is 1. The summed E-state index contributed by atoms with van der Waals surface area (Å²) >= 11 is 3.38. The number of carboxylic acids is 1. The van der Waals surface area contributed by atoms with Crippen molar-refractivity contribution in [1.82, 2.24) is 5.32 Å². The number of anilines is 1. The van der Waals surface area contributed by atoms with Gasteiger partial charge in [-0.3, -0.25) is 9.59 Å². The second-order valence-corrected chi connectivity index (χ2v) is 6.07. The lowest BCUT2D eigenvalue weighted by molar-refractivity contribution is -0.143. The molecule has 8 heteroatoms. The van der Waals surface area contributed by atoms with E-state index >= 15 is 0 Å². The minimum absolute atomic E-state index is 0.0481. The predicted octanol–water partition coefficient (Wildman–Crippen LogP) is 1.02. The van der Waals surface area contributed by atoms with E-state index in [0.717, 1.165) is 4.47 Å². The van der Waals surface area contributed by atoms with Crippen LogP contribution in [0.3, 0.4) is 0 Å². The number of carbonyl (C=O) groups excluding carboxylic acids is 2. The first-order valence-corrected chi connectivity index (χ1v) is 7.80. The number of nitrogens with one attached hydrogen (secondary N) is 1. The lowest BCUT2D eigenvalue weighted by Gasteiger charge is -2.19. The van der Waals surface area contributed by atoms with Gasteiger partial charge in [0.05, 0.1) is 18.2 Å². The normalized spacial score (nSPS) is 18.8. The molecule has 2 amide bonds. The van der Waals surface area contributed by atoms with Crippen molar-refractivity contribution >= 4 is 39.4 Å². The molecule has 0 aromatic heterocycles. The van der Waals surface area contributed by atoms with Crippen molar-refractivity contribution in [1.29, 1.82) is 0 Å². The SMILES string of the molecule is COCC(NC(=O)C1CC(=O)N(c2ccccc2Br)C1)C(=O)O. The van der Waals surface area contributed by atoms with Crippen LogP contribution in [-0.2, 0) is 19.1 Å². The average molecular weight is 385 g/mol. The van der Waals surface area contributed by atoms with E-state index in [1.807, 2.05) is 12.1 Å². The molecule has 124 valence electrons. The van der Waals surface area contributed by atoms with Gasteiger partial charge in [0, 0.05) is 24.5 Å². The second kappa shape index (κ2) is 7.56. The number of para-hydroxylation sites is 1. The smallest absolute Gasteiger partial charge is 0.328 e. The molecule has 2 unspecified atom stereocenters. The fourth-order valence-electron chi connectivity index (χ4n) is 2.42. The largest absolute Gasteiger partial charge is 0.480 e. The summed E-state index contributed by atoms with van der Waals surface area (Å²) in [7, 11) is 1.36. The molecule has 0 aliphatic carbocycles. The number of hydrogen-bond acceptors (Lipinski definition) is 4. The number of benzene rings is 1. The summed E-state index contributed by atoms with van der Waals surface area (Å²) in [4.78, 5) is 37.0. The monoisotopic (exact) mass is 384 g/mol. The quantitative estimate of drug-likeness (QED) is 0.763. The van der Waals surface area contributed by atoms with Gasteiger partial charge in [-0.25, -0.2) is 4.79 Å². The molecule has 0 saturated carbocycles. The topological polar surface area (TPSA) is 95.9 Å². The molecule has 1 fully saturated rings. The Kier molecular flexibility index (Phi) is 5.73. The van der Waals surface area contributed by atoms with Gasteiger partial charge in [0.1, 0.15) is 0 Å². The number of methoxy groups -OCH3 is 1. The minimum Gasteiger partial charge on any atom is -0.480 e. The summed E-state index contributed by atoms with van der Waals surface area (Å²) in [6, 6.07) is 6.11. The van der Waals surface area contributed by atoms with Crippen molar-refractivity contribution in [3.63, 3.8) is 0 Å². The number of amides is 2. The van der Waals surface area contributed by atoms with Crippen LogP contribution in [0.15, 0.2) is 28.7 Å². The molecule has 2 rings (SSSR count). The van der Waals surface area contributed by atoms with Gasteiger partial charge in [0.25, 0.3) is 0 Å². The van der Waals surface area contributed by atoms with Crippen LogP contribution in [-0.4, -0.2) is 49.2 Å². The van der Waals surface area contributed by atoms with E-state index in [4.69, 9.17) is 9.84 Å². The van der Waals surface area contributed by atoms with Crippen molar-refractivity contribution in [2.24, 2.45) is 5.92 Å². The van der Waals surface area contributed by atoms with E-state index in [9.17, 15) is 14.4 Å². The van der Waals surface area contributed by atoms with Crippen molar-refractivity contribution < 1.29 is 24.2 Å². The van der Waals surface area contributed by atoms with Crippen LogP contribution in [0.2, 0.25) is 0 Å². The fraction of sp³-hybridized carbons (Fsp3) is 0.400. The highest BCUT2D eigenvalue weighted by atomic mass is 79.9. The maximum absolute atomic E-state index is 12.2. The third-order valence-corrected chi connectivity index (χ3v) is 4.26. The van der Waals surface area contributed by atoms with Gasteiger partial charge in [-0.05, 0) is 28.1 Å². The minimum atomic E-state index is -1.17. The molecular weight excluding hydrogens is 368 g/mol. The number of carboxylic acid groups (broad SMARTS) is 1. The molecule has 1 heterocycles. The van der Waals surface area contributed by atoms with Crippen molar-refractivity contribution in [3.8, 4) is 0 Å². The summed E-state index contributed by atoms with van der Waals surface area (Å²) in [5.41, 5.74) is 0.694. The number of halogens is 1. The van der Waals surface area contributed by atoms with E-state index in [1.54, 1.807) is 12.1 Å². The van der Waals surface area contributed by atoms with Gasteiger partial charge in [-0.1, -0.05) is 12.1 Å². The fourth-order valence-corrected chi connectivity index (χ4v) is 2.92. The van der Waals surface area contributed by atoms with Gasteiger partial charge in [0.15, 0.2) is 6.04 Å². The summed E-state index contributed by atoms with van der Waals surface area (Å²) in [6.45, 7) is 0.0856. The molecule has 0 radical (unpaired) electrons. The van der Waals surface area contributed by atoms with Gasteiger partial charge in [-0.2, -0.15) is 0 Å². The van der Waals surface area contributed by atoms with E-state index in [-0.39, 0.29) is 25.5 Å². The van der Waals surface area contributed by atoms with E-state index < -0.39 is 23.8 Å². The highest BCUT2D eigenvalue weighted by Crippen LogP contribution is 2.31. The van der Waals surface area contributed by atoms with Gasteiger partial charge in [0.2, 0.25) is 11.8 Å². The molecule has 1 aromatic carbocycles. The van der Waals surface area contributed by atoms with Gasteiger partial charge < -0.3 is 20.1 Å². The molecule has 7 nitrogen and oxygen atoms in total. The molecule has 1 aliphatic rings. The highest BCUT2D eigenvalue weighted by Gasteiger charge is 2.37. The summed E-state index contributed by atoms with van der Waals surface area (Å²) in [5.74, 6) is -2.39. The van der Waals surface area contributed by atoms with E-state index in [0.29, 0.717) is 5.69 Å². The molecule has 1 aliphatic heterocycles. The van der Waals surface area contributed by atoms with Gasteiger partial charge >= 0.3 is 5.97 Å². The maximum Gasteiger partial charge on any atom is 0.328 e. The Balaban J connectivity index is 2.06. The van der Waals surface area contributed by atoms with Crippen LogP contribution in [0.4, 0.5) is 5.69 Å². The predicted molar refractivity (Wildman–Crippen MR) is 86.0 cm³/mol. The van der Waals surface area contributed by atoms with Crippen molar-refractivity contribution in [2.75, 3.05) is 25.2 Å². The number of ether oxygens (including phenoxy) is 1. The van der Waals surface area contributed by atoms with Crippen LogP contribution in [0, 0.1) is 5.92 Å². The second-order valence-electron chi connectivity index (χ2n) is 5.21. The molecule has 1 aromatic rings. The number of carbonyl (C=O) groups is 3. The molecule has 0 spiro atoms. The van der Waals surface area contributed by atoms with E-state index in [1.165, 1.54) is 12.0 Å². The third-order valence-electron chi connectivity index (χ3n) is 3.59. The lowest BCUT2D eigenvalue weighted by atomic mass is 10.1. The molecule has 1 saturated heterocycles. The number of rotatable bonds is 6. The Morgan fingerprint density at radius 3 is 2.78 bits per heavy atom. The van der Waals surface area contributed by atoms with Crippen LogP contribution in [0.25, 0.3) is 0 Å². The number of nitrogens with zero attached hydrogens (tertiary/aromatic N) is 1. The zero-order valence-corrected chi connectivity index (χ0v) is 14.1. The zero-order valence-electron chi connectivity index (χ0n) is 12.5. The Labute approximate surface area is 141 Å². The zero-order chi connectivity index (χ0) is 17.0. The molecule has 2 atom stereocenters. The third kappa shape index (κ3) is 4.08. The Bertz CT molecular complexity index is 622. The van der Waals surface area contributed by atoms with Crippen LogP contribution in [0.1, 0.15) is 6.42 Å². The highest BCUT2D eigenvalue weighted by molar-refractivity contribution is 9.10.